The summed E-state index contributed by atoms with van der Waals surface area (Å²) in [6.07, 6.45) is 0. The molecule has 260 valence electrons. The second kappa shape index (κ2) is 11.7. The van der Waals surface area contributed by atoms with Crippen LogP contribution >= 0.6 is 0 Å². The van der Waals surface area contributed by atoms with Crippen molar-refractivity contribution in [2.75, 3.05) is 0 Å². The number of benzene rings is 10. The Hall–Kier alpha value is -7.02. The highest BCUT2D eigenvalue weighted by Gasteiger charge is 2.25. The molecule has 0 aromatic heterocycles. The van der Waals surface area contributed by atoms with Crippen LogP contribution in [-0.4, -0.2) is 0 Å². The summed E-state index contributed by atoms with van der Waals surface area (Å²) in [6, 6.07) is 67.8. The van der Waals surface area contributed by atoms with E-state index in [0.29, 0.717) is 0 Å². The standard InChI is InChI=1S/C56H36/c1-33-27-28-41-46(34(33)2)50(38-23-13-6-14-24-38)56-45-32-31-43-51-42(29-30-44(52(45)51)55(56)49(41)37-21-11-5-12-22-37)53-47(35-17-7-3-8-18-35)39-25-15-16-26-40(39)48(54(43)53)36-19-9-4-10-20-36/h3-32H,1-2H3. The summed E-state index contributed by atoms with van der Waals surface area (Å²) < 4.78 is 0. The molecule has 10 aromatic carbocycles. The van der Waals surface area contributed by atoms with E-state index in [1.54, 1.807) is 0 Å². The van der Waals surface area contributed by atoms with Gasteiger partial charge in [-0.05, 0) is 144 Å². The van der Waals surface area contributed by atoms with E-state index in [1.165, 1.54) is 130 Å². The highest BCUT2D eigenvalue weighted by Crippen LogP contribution is 2.46. The molecule has 0 heteroatoms. The summed E-state index contributed by atoms with van der Waals surface area (Å²) in [5, 5.41) is 18.6. The van der Waals surface area contributed by atoms with Gasteiger partial charge in [-0.15, -0.1) is 0 Å². The van der Waals surface area contributed by atoms with Gasteiger partial charge in [-0.2, -0.15) is 0 Å². The number of rotatable bonds is 4. The Morgan fingerprint density at radius 3 is 0.964 bits per heavy atom. The Balaban J connectivity index is 1.44. The van der Waals surface area contributed by atoms with Crippen LogP contribution in [0.3, 0.4) is 0 Å². The predicted molar refractivity (Wildman–Crippen MR) is 234 cm³/mol. The maximum Gasteiger partial charge on any atom is -0.000730 e. The molecule has 56 heavy (non-hydrogen) atoms. The second-order valence-electron chi connectivity index (χ2n) is 15.5. The summed E-state index contributed by atoms with van der Waals surface area (Å²) in [7, 11) is 0. The van der Waals surface area contributed by atoms with E-state index < -0.39 is 0 Å². The van der Waals surface area contributed by atoms with Gasteiger partial charge in [-0.25, -0.2) is 0 Å². The lowest BCUT2D eigenvalue weighted by Crippen LogP contribution is -1.95. The fraction of sp³-hybridized carbons (Fsp3) is 0.0357. The number of fused-ring (bicyclic) bond motifs is 4. The molecule has 0 amide bonds. The lowest BCUT2D eigenvalue weighted by Gasteiger charge is -2.18. The molecule has 0 nitrogen and oxygen atoms in total. The summed E-state index contributed by atoms with van der Waals surface area (Å²) in [6.45, 7) is 4.57. The monoisotopic (exact) mass is 708 g/mol. The minimum absolute atomic E-state index is 1.25. The minimum atomic E-state index is 1.25. The third kappa shape index (κ3) is 4.14. The van der Waals surface area contributed by atoms with Gasteiger partial charge in [0, 0.05) is 0 Å². The van der Waals surface area contributed by atoms with Crippen LogP contribution in [0.5, 0.6) is 0 Å². The molecule has 0 unspecified atom stereocenters. The average Bonchev–Trinajstić information content (AvgIpc) is 3.77. The Morgan fingerprint density at radius 2 is 0.571 bits per heavy atom. The quantitative estimate of drug-likeness (QED) is 0.171. The van der Waals surface area contributed by atoms with Crippen LogP contribution in [0, 0.1) is 55.6 Å². The fourth-order valence-corrected chi connectivity index (χ4v) is 10.3. The zero-order valence-electron chi connectivity index (χ0n) is 31.3. The summed E-state index contributed by atoms with van der Waals surface area (Å²) in [5.74, 6) is 0. The van der Waals surface area contributed by atoms with E-state index in [4.69, 9.17) is 0 Å². The molecule has 0 bridgehead atoms. The SMILES string of the molecule is Cc1ccc2c(-c3ccccc3)c3c(c(-c4ccccc4)c2c1C)=c1ccc2c4c(ccc=3c14)=c1c(-c3ccccc3)c3ccccc3c(-c3ccccc3)c1=2. The van der Waals surface area contributed by atoms with Crippen LogP contribution < -0.4 is 0 Å². The minimum Gasteiger partial charge on any atom is -0.0622 e. The van der Waals surface area contributed by atoms with Crippen LogP contribution in [0.4, 0.5) is 0 Å². The van der Waals surface area contributed by atoms with E-state index in [0.717, 1.165) is 0 Å². The normalized spacial score (nSPS) is 12.1. The highest BCUT2D eigenvalue weighted by molar-refractivity contribution is 6.10. The number of hydrogen-bond donors (Lipinski definition) is 0. The molecule has 0 fully saturated rings. The summed E-state index contributed by atoms with van der Waals surface area (Å²) in [5.41, 5.74) is 12.9. The topological polar surface area (TPSA) is 0 Å². The predicted octanol–water partition coefficient (Wildman–Crippen LogP) is 14.2. The average molecular weight is 709 g/mol. The van der Waals surface area contributed by atoms with Crippen molar-refractivity contribution in [3.63, 3.8) is 0 Å². The van der Waals surface area contributed by atoms with Gasteiger partial charge in [-0.3, -0.25) is 0 Å². The maximum absolute atomic E-state index is 2.45. The van der Waals surface area contributed by atoms with Gasteiger partial charge in [0.05, 0.1) is 0 Å². The van der Waals surface area contributed by atoms with E-state index in [1.807, 2.05) is 0 Å². The van der Waals surface area contributed by atoms with Crippen LogP contribution in [0.15, 0.2) is 182 Å². The first-order valence-electron chi connectivity index (χ1n) is 19.7. The first-order chi connectivity index (χ1) is 27.7. The molecule has 0 saturated carbocycles. The smallest absolute Gasteiger partial charge is 0.000730 e. The molecular formula is C56H36. The van der Waals surface area contributed by atoms with E-state index >= 15 is 0 Å². The second-order valence-corrected chi connectivity index (χ2v) is 15.5. The maximum atomic E-state index is 2.45. The molecule has 0 aliphatic heterocycles. The molecule has 2 aliphatic rings. The lowest BCUT2D eigenvalue weighted by atomic mass is 9.85. The Morgan fingerprint density at radius 1 is 0.250 bits per heavy atom. The van der Waals surface area contributed by atoms with Crippen molar-refractivity contribution in [3.05, 3.63) is 235 Å². The Kier molecular flexibility index (Phi) is 6.57. The summed E-state index contributed by atoms with van der Waals surface area (Å²) >= 11 is 0. The van der Waals surface area contributed by atoms with Gasteiger partial charge < -0.3 is 0 Å². The third-order valence-electron chi connectivity index (χ3n) is 12.7. The molecular weight excluding hydrogens is 673 g/mol. The first kappa shape index (κ1) is 31.3. The van der Waals surface area contributed by atoms with Crippen molar-refractivity contribution in [1.29, 1.82) is 0 Å². The van der Waals surface area contributed by atoms with Gasteiger partial charge >= 0.3 is 0 Å². The van der Waals surface area contributed by atoms with Crippen LogP contribution in [0.1, 0.15) is 11.1 Å². The van der Waals surface area contributed by atoms with Crippen LogP contribution in [0.25, 0.3) is 76.8 Å². The third-order valence-corrected chi connectivity index (χ3v) is 12.7. The van der Waals surface area contributed by atoms with Crippen molar-refractivity contribution in [2.24, 2.45) is 0 Å². The number of aryl methyl sites for hydroxylation is 2. The molecule has 0 heterocycles. The zero-order valence-corrected chi connectivity index (χ0v) is 31.3. The van der Waals surface area contributed by atoms with E-state index in [9.17, 15) is 0 Å². The van der Waals surface area contributed by atoms with Crippen LogP contribution in [0.2, 0.25) is 0 Å². The van der Waals surface area contributed by atoms with E-state index in [2.05, 4.69) is 196 Å². The molecule has 10 aromatic rings. The molecule has 0 saturated heterocycles. The van der Waals surface area contributed by atoms with Crippen molar-refractivity contribution in [3.8, 4) is 44.5 Å². The molecule has 0 atom stereocenters. The van der Waals surface area contributed by atoms with Gasteiger partial charge in [-0.1, -0.05) is 182 Å². The first-order valence-corrected chi connectivity index (χ1v) is 19.7. The summed E-state index contributed by atoms with van der Waals surface area (Å²) in [4.78, 5) is 0. The molecule has 0 radical (unpaired) electrons. The van der Waals surface area contributed by atoms with Gasteiger partial charge in [0.15, 0.2) is 0 Å². The fourth-order valence-electron chi connectivity index (χ4n) is 10.3. The van der Waals surface area contributed by atoms with Crippen molar-refractivity contribution >= 4 is 32.3 Å². The highest BCUT2D eigenvalue weighted by atomic mass is 14.3. The van der Waals surface area contributed by atoms with Gasteiger partial charge in [0.1, 0.15) is 0 Å². The van der Waals surface area contributed by atoms with Gasteiger partial charge in [0.2, 0.25) is 0 Å². The van der Waals surface area contributed by atoms with Crippen molar-refractivity contribution < 1.29 is 0 Å². The molecule has 2 aliphatic carbocycles. The number of hydrogen-bond acceptors (Lipinski definition) is 0. The Bertz CT molecular complexity index is 3620. The van der Waals surface area contributed by atoms with Crippen molar-refractivity contribution in [1.82, 2.24) is 0 Å². The van der Waals surface area contributed by atoms with Crippen LogP contribution in [-0.2, 0) is 0 Å². The zero-order chi connectivity index (χ0) is 37.1. The van der Waals surface area contributed by atoms with Crippen molar-refractivity contribution in [2.45, 2.75) is 13.8 Å². The Labute approximate surface area is 324 Å². The lowest BCUT2D eigenvalue weighted by molar-refractivity contribution is 1.37. The molecule has 12 rings (SSSR count). The van der Waals surface area contributed by atoms with Gasteiger partial charge in [0.25, 0.3) is 0 Å². The largest absolute Gasteiger partial charge is 0.0622 e. The van der Waals surface area contributed by atoms with E-state index in [-0.39, 0.29) is 0 Å². The molecule has 0 spiro atoms. The molecule has 0 N–H and O–H groups in total.